The highest BCUT2D eigenvalue weighted by Crippen LogP contribution is 2.17. The number of aryl methyl sites for hydroxylation is 2. The molecule has 2 heterocycles. The maximum Gasteiger partial charge on any atom is 0.360 e. The number of rotatable bonds is 4. The third-order valence-corrected chi connectivity index (χ3v) is 2.77. The summed E-state index contributed by atoms with van der Waals surface area (Å²) >= 11 is 0. The topological polar surface area (TPSA) is 88.0 Å². The van der Waals surface area contributed by atoms with Gasteiger partial charge in [0.2, 0.25) is 0 Å². The smallest absolute Gasteiger partial charge is 0.360 e. The van der Waals surface area contributed by atoms with E-state index in [1.807, 2.05) is 13.2 Å². The van der Waals surface area contributed by atoms with Crippen LogP contribution in [0.1, 0.15) is 28.8 Å². The molecule has 0 saturated carbocycles. The van der Waals surface area contributed by atoms with E-state index in [1.54, 1.807) is 29.3 Å². The van der Waals surface area contributed by atoms with Crippen LogP contribution in [0.3, 0.4) is 0 Å². The van der Waals surface area contributed by atoms with E-state index in [4.69, 9.17) is 10.5 Å². The maximum absolute atomic E-state index is 11.7. The average Bonchev–Trinajstić information content (AvgIpc) is 2.88. The summed E-state index contributed by atoms with van der Waals surface area (Å²) in [5, 5.41) is 4.09. The molecule has 0 fully saturated rings. The van der Waals surface area contributed by atoms with Crippen LogP contribution in [0.2, 0.25) is 0 Å². The van der Waals surface area contributed by atoms with Gasteiger partial charge in [0, 0.05) is 18.8 Å². The van der Waals surface area contributed by atoms with Crippen molar-refractivity contribution >= 4 is 11.8 Å². The summed E-state index contributed by atoms with van der Waals surface area (Å²) in [6.07, 6.45) is 3.64. The van der Waals surface area contributed by atoms with Gasteiger partial charge in [-0.15, -0.1) is 0 Å². The minimum atomic E-state index is -0.493. The van der Waals surface area contributed by atoms with E-state index >= 15 is 0 Å². The van der Waals surface area contributed by atoms with Crippen LogP contribution >= 0.6 is 0 Å². The van der Waals surface area contributed by atoms with E-state index in [9.17, 15) is 4.79 Å². The monoisotopic (exact) mass is 263 g/mol. The molecule has 0 bridgehead atoms. The Morgan fingerprint density at radius 2 is 2.26 bits per heavy atom. The van der Waals surface area contributed by atoms with Gasteiger partial charge in [0.15, 0.2) is 5.69 Å². The minimum Gasteiger partial charge on any atom is -0.461 e. The Balaban J connectivity index is 2.29. The van der Waals surface area contributed by atoms with Crippen LogP contribution < -0.4 is 5.73 Å². The molecule has 0 saturated heterocycles. The standard InChI is InChI=1S/C12H17N5O2/c1-4-19-12(18)10-11(13)17(8(2)15-10)7-9-5-14-16(3)6-9/h5-6H,4,7,13H2,1-3H3. The van der Waals surface area contributed by atoms with Crippen LogP contribution in [-0.2, 0) is 18.3 Å². The molecule has 0 atom stereocenters. The van der Waals surface area contributed by atoms with Gasteiger partial charge in [-0.25, -0.2) is 9.78 Å². The second kappa shape index (κ2) is 5.13. The lowest BCUT2D eigenvalue weighted by Crippen LogP contribution is -2.10. The summed E-state index contributed by atoms with van der Waals surface area (Å²) in [5.74, 6) is 0.497. The molecule has 0 spiro atoms. The number of esters is 1. The molecule has 19 heavy (non-hydrogen) atoms. The summed E-state index contributed by atoms with van der Waals surface area (Å²) in [4.78, 5) is 15.9. The van der Waals surface area contributed by atoms with Gasteiger partial charge in [-0.2, -0.15) is 5.10 Å². The van der Waals surface area contributed by atoms with Gasteiger partial charge in [0.1, 0.15) is 11.6 Å². The molecular weight excluding hydrogens is 246 g/mol. The SMILES string of the molecule is CCOC(=O)c1nc(C)n(Cc2cnn(C)c2)c1N. The van der Waals surface area contributed by atoms with Crippen molar-refractivity contribution < 1.29 is 9.53 Å². The van der Waals surface area contributed by atoms with Crippen LogP contribution in [0, 0.1) is 6.92 Å². The number of nitrogens with two attached hydrogens (primary N) is 1. The number of anilines is 1. The molecule has 2 aromatic heterocycles. The normalized spacial score (nSPS) is 10.7. The number of carbonyl (C=O) groups is 1. The second-order valence-corrected chi connectivity index (χ2v) is 4.22. The van der Waals surface area contributed by atoms with Crippen molar-refractivity contribution in [1.29, 1.82) is 0 Å². The molecule has 0 radical (unpaired) electrons. The van der Waals surface area contributed by atoms with Crippen molar-refractivity contribution in [3.63, 3.8) is 0 Å². The highest BCUT2D eigenvalue weighted by Gasteiger charge is 2.19. The summed E-state index contributed by atoms with van der Waals surface area (Å²) in [7, 11) is 1.84. The Morgan fingerprint density at radius 3 is 2.84 bits per heavy atom. The van der Waals surface area contributed by atoms with Crippen molar-refractivity contribution in [3.8, 4) is 0 Å². The lowest BCUT2D eigenvalue weighted by molar-refractivity contribution is 0.0521. The van der Waals surface area contributed by atoms with Gasteiger partial charge in [-0.3, -0.25) is 4.68 Å². The number of hydrogen-bond acceptors (Lipinski definition) is 5. The molecule has 7 heteroatoms. The van der Waals surface area contributed by atoms with Crippen molar-refractivity contribution in [2.75, 3.05) is 12.3 Å². The Bertz CT molecular complexity index is 599. The van der Waals surface area contributed by atoms with Crippen LogP contribution in [0.25, 0.3) is 0 Å². The van der Waals surface area contributed by atoms with Crippen molar-refractivity contribution in [2.24, 2.45) is 7.05 Å². The first-order valence-electron chi connectivity index (χ1n) is 6.00. The molecule has 0 aliphatic carbocycles. The molecule has 0 unspecified atom stereocenters. The molecule has 0 amide bonds. The lowest BCUT2D eigenvalue weighted by atomic mass is 10.3. The third kappa shape index (κ3) is 2.59. The van der Waals surface area contributed by atoms with E-state index in [1.165, 1.54) is 0 Å². The zero-order valence-corrected chi connectivity index (χ0v) is 11.3. The molecule has 0 aliphatic rings. The van der Waals surface area contributed by atoms with Crippen molar-refractivity contribution in [1.82, 2.24) is 19.3 Å². The predicted molar refractivity (Wildman–Crippen MR) is 69.6 cm³/mol. The van der Waals surface area contributed by atoms with Crippen molar-refractivity contribution in [2.45, 2.75) is 20.4 Å². The molecule has 2 N–H and O–H groups in total. The van der Waals surface area contributed by atoms with E-state index < -0.39 is 5.97 Å². The first kappa shape index (κ1) is 13.1. The summed E-state index contributed by atoms with van der Waals surface area (Å²) in [5.41, 5.74) is 7.12. The zero-order chi connectivity index (χ0) is 14.0. The van der Waals surface area contributed by atoms with E-state index in [2.05, 4.69) is 10.1 Å². The molecule has 102 valence electrons. The van der Waals surface area contributed by atoms with Gasteiger partial charge in [0.25, 0.3) is 0 Å². The molecule has 2 aromatic rings. The zero-order valence-electron chi connectivity index (χ0n) is 11.3. The summed E-state index contributed by atoms with van der Waals surface area (Å²) in [6, 6.07) is 0. The number of carbonyl (C=O) groups excluding carboxylic acids is 1. The van der Waals surface area contributed by atoms with E-state index in [0.717, 1.165) is 5.56 Å². The number of ether oxygens (including phenoxy) is 1. The molecule has 7 nitrogen and oxygen atoms in total. The second-order valence-electron chi connectivity index (χ2n) is 4.22. The van der Waals surface area contributed by atoms with Gasteiger partial charge in [0.05, 0.1) is 19.3 Å². The molecule has 2 rings (SSSR count). The highest BCUT2D eigenvalue weighted by molar-refractivity contribution is 5.92. The minimum absolute atomic E-state index is 0.170. The first-order valence-corrected chi connectivity index (χ1v) is 6.00. The largest absolute Gasteiger partial charge is 0.461 e. The summed E-state index contributed by atoms with van der Waals surface area (Å²) < 4.78 is 8.40. The quantitative estimate of drug-likeness (QED) is 0.822. The molecule has 0 aliphatic heterocycles. The Kier molecular flexibility index (Phi) is 3.55. The summed E-state index contributed by atoms with van der Waals surface area (Å²) in [6.45, 7) is 4.37. The fourth-order valence-electron chi connectivity index (χ4n) is 1.87. The fraction of sp³-hybridized carbons (Fsp3) is 0.417. The Labute approximate surface area is 111 Å². The first-order chi connectivity index (χ1) is 9.02. The third-order valence-electron chi connectivity index (χ3n) is 2.77. The number of nitrogens with zero attached hydrogens (tertiary/aromatic N) is 4. The predicted octanol–water partition coefficient (Wildman–Crippen LogP) is 0.732. The van der Waals surface area contributed by atoms with Gasteiger partial charge in [-0.1, -0.05) is 0 Å². The number of aromatic nitrogens is 4. The maximum atomic E-state index is 11.7. The average molecular weight is 263 g/mol. The van der Waals surface area contributed by atoms with Gasteiger partial charge < -0.3 is 15.0 Å². The van der Waals surface area contributed by atoms with Gasteiger partial charge >= 0.3 is 5.97 Å². The van der Waals surface area contributed by atoms with Crippen molar-refractivity contribution in [3.05, 3.63) is 29.5 Å². The van der Waals surface area contributed by atoms with Crippen LogP contribution in [0.15, 0.2) is 12.4 Å². The van der Waals surface area contributed by atoms with Gasteiger partial charge in [-0.05, 0) is 13.8 Å². The van der Waals surface area contributed by atoms with Crippen LogP contribution in [-0.4, -0.2) is 31.9 Å². The number of nitrogen functional groups attached to an aromatic ring is 1. The van der Waals surface area contributed by atoms with Crippen LogP contribution in [0.4, 0.5) is 5.82 Å². The van der Waals surface area contributed by atoms with E-state index in [-0.39, 0.29) is 5.69 Å². The molecular formula is C12H17N5O2. The van der Waals surface area contributed by atoms with E-state index in [0.29, 0.717) is 24.8 Å². The fourth-order valence-corrected chi connectivity index (χ4v) is 1.87. The number of hydrogen-bond donors (Lipinski definition) is 1. The Morgan fingerprint density at radius 1 is 1.53 bits per heavy atom. The van der Waals surface area contributed by atoms with Crippen LogP contribution in [0.5, 0.6) is 0 Å². The molecule has 0 aromatic carbocycles. The highest BCUT2D eigenvalue weighted by atomic mass is 16.5. The Hall–Kier alpha value is -2.31. The lowest BCUT2D eigenvalue weighted by Gasteiger charge is -2.05. The number of imidazole rings is 1.